The normalized spacial score (nSPS) is 18.3. The van der Waals surface area contributed by atoms with Crippen molar-refractivity contribution in [2.45, 2.75) is 19.9 Å². The zero-order valence-corrected chi connectivity index (χ0v) is 13.5. The average Bonchev–Trinajstić information content (AvgIpc) is 3.02. The maximum absolute atomic E-state index is 12.4. The predicted octanol–water partition coefficient (Wildman–Crippen LogP) is 0.905. The number of ether oxygens (including phenoxy) is 1. The third-order valence-corrected chi connectivity index (χ3v) is 4.39. The Labute approximate surface area is 128 Å². The monoisotopic (exact) mass is 311 g/mol. The first-order valence-corrected chi connectivity index (χ1v) is 7.82. The van der Waals surface area contributed by atoms with Crippen molar-refractivity contribution in [3.8, 4) is 0 Å². The molecule has 1 aliphatic rings. The second-order valence-corrected chi connectivity index (χ2v) is 6.35. The van der Waals surface area contributed by atoms with E-state index < -0.39 is 0 Å². The fraction of sp³-hybridized carbons (Fsp3) is 0.643. The highest BCUT2D eigenvalue weighted by molar-refractivity contribution is 7.09. The van der Waals surface area contributed by atoms with Crippen molar-refractivity contribution in [2.24, 2.45) is 5.92 Å². The van der Waals surface area contributed by atoms with Gasteiger partial charge in [-0.25, -0.2) is 4.98 Å². The minimum Gasteiger partial charge on any atom is -0.383 e. The van der Waals surface area contributed by atoms with Crippen LogP contribution in [-0.4, -0.2) is 60.5 Å². The maximum atomic E-state index is 12.4. The van der Waals surface area contributed by atoms with E-state index in [1.807, 2.05) is 12.3 Å². The summed E-state index contributed by atoms with van der Waals surface area (Å²) in [6, 6.07) is 0. The van der Waals surface area contributed by atoms with Crippen LogP contribution < -0.4 is 0 Å². The van der Waals surface area contributed by atoms with Crippen LogP contribution in [0.25, 0.3) is 0 Å². The van der Waals surface area contributed by atoms with Gasteiger partial charge in [0, 0.05) is 39.0 Å². The molecule has 1 fully saturated rings. The number of amides is 2. The molecule has 116 valence electrons. The van der Waals surface area contributed by atoms with Crippen molar-refractivity contribution in [3.05, 3.63) is 16.1 Å². The van der Waals surface area contributed by atoms with Crippen LogP contribution in [0.4, 0.5) is 0 Å². The minimum absolute atomic E-state index is 0.00826. The molecule has 1 atom stereocenters. The highest BCUT2D eigenvalue weighted by Crippen LogP contribution is 2.20. The number of rotatable bonds is 6. The van der Waals surface area contributed by atoms with Crippen molar-refractivity contribution in [1.82, 2.24) is 14.8 Å². The molecule has 2 amide bonds. The lowest BCUT2D eigenvalue weighted by Gasteiger charge is -2.20. The van der Waals surface area contributed by atoms with E-state index in [4.69, 9.17) is 4.74 Å². The number of carbonyl (C=O) groups excluding carboxylic acids is 2. The van der Waals surface area contributed by atoms with Crippen molar-refractivity contribution < 1.29 is 14.3 Å². The van der Waals surface area contributed by atoms with Crippen LogP contribution >= 0.6 is 11.3 Å². The van der Waals surface area contributed by atoms with E-state index in [-0.39, 0.29) is 17.7 Å². The molecule has 1 aromatic heterocycles. The van der Waals surface area contributed by atoms with Gasteiger partial charge in [-0.3, -0.25) is 9.59 Å². The topological polar surface area (TPSA) is 62.7 Å². The van der Waals surface area contributed by atoms with Gasteiger partial charge in [0.1, 0.15) is 0 Å². The van der Waals surface area contributed by atoms with Gasteiger partial charge in [0.25, 0.3) is 0 Å². The van der Waals surface area contributed by atoms with Gasteiger partial charge in [-0.2, -0.15) is 0 Å². The van der Waals surface area contributed by atoms with Crippen LogP contribution in [0.5, 0.6) is 0 Å². The molecular formula is C14H21N3O3S. The van der Waals surface area contributed by atoms with Crippen LogP contribution in [0.3, 0.4) is 0 Å². The SMILES string of the molecule is COCCN1C[C@H](C(=O)N(C)Cc2csc(C)n2)CC1=O. The molecule has 21 heavy (non-hydrogen) atoms. The molecule has 1 aliphatic heterocycles. The second kappa shape index (κ2) is 7.00. The molecule has 0 aromatic carbocycles. The second-order valence-electron chi connectivity index (χ2n) is 5.29. The molecule has 0 N–H and O–H groups in total. The molecule has 2 rings (SSSR count). The number of thiazole rings is 1. The Kier molecular flexibility index (Phi) is 5.30. The van der Waals surface area contributed by atoms with E-state index in [0.29, 0.717) is 32.7 Å². The zero-order chi connectivity index (χ0) is 15.4. The molecule has 0 spiro atoms. The van der Waals surface area contributed by atoms with Gasteiger partial charge in [0.05, 0.1) is 29.8 Å². The maximum Gasteiger partial charge on any atom is 0.228 e. The molecule has 6 nitrogen and oxygen atoms in total. The molecule has 0 aliphatic carbocycles. The smallest absolute Gasteiger partial charge is 0.228 e. The first kappa shape index (κ1) is 15.9. The summed E-state index contributed by atoms with van der Waals surface area (Å²) >= 11 is 1.57. The Morgan fingerprint density at radius 3 is 3.00 bits per heavy atom. The number of nitrogens with zero attached hydrogens (tertiary/aromatic N) is 3. The van der Waals surface area contributed by atoms with E-state index in [1.54, 1.807) is 35.3 Å². The minimum atomic E-state index is -0.251. The summed E-state index contributed by atoms with van der Waals surface area (Å²) in [5.74, 6) is -0.212. The Balaban J connectivity index is 1.89. The first-order chi connectivity index (χ1) is 10.0. The summed E-state index contributed by atoms with van der Waals surface area (Å²) in [5.41, 5.74) is 0.897. The summed E-state index contributed by atoms with van der Waals surface area (Å²) < 4.78 is 4.98. The van der Waals surface area contributed by atoms with E-state index in [0.717, 1.165) is 10.7 Å². The lowest BCUT2D eigenvalue weighted by Crippen LogP contribution is -2.35. The van der Waals surface area contributed by atoms with Crippen molar-refractivity contribution in [1.29, 1.82) is 0 Å². The first-order valence-electron chi connectivity index (χ1n) is 6.94. The van der Waals surface area contributed by atoms with Crippen LogP contribution in [0.1, 0.15) is 17.1 Å². The summed E-state index contributed by atoms with van der Waals surface area (Å²) in [4.78, 5) is 32.0. The number of hydrogen-bond donors (Lipinski definition) is 0. The molecule has 0 unspecified atom stereocenters. The molecule has 1 saturated heterocycles. The van der Waals surface area contributed by atoms with Gasteiger partial charge in [0.15, 0.2) is 0 Å². The van der Waals surface area contributed by atoms with Crippen LogP contribution in [0, 0.1) is 12.8 Å². The number of likely N-dealkylation sites (tertiary alicyclic amines) is 1. The molecule has 7 heteroatoms. The Morgan fingerprint density at radius 2 is 2.38 bits per heavy atom. The predicted molar refractivity (Wildman–Crippen MR) is 79.9 cm³/mol. The van der Waals surface area contributed by atoms with Gasteiger partial charge in [-0.1, -0.05) is 0 Å². The Morgan fingerprint density at radius 1 is 1.62 bits per heavy atom. The van der Waals surface area contributed by atoms with Crippen molar-refractivity contribution in [2.75, 3.05) is 33.9 Å². The third-order valence-electron chi connectivity index (χ3n) is 3.57. The van der Waals surface area contributed by atoms with Crippen LogP contribution in [0.2, 0.25) is 0 Å². The van der Waals surface area contributed by atoms with Gasteiger partial charge >= 0.3 is 0 Å². The highest BCUT2D eigenvalue weighted by atomic mass is 32.1. The molecule has 0 bridgehead atoms. The quantitative estimate of drug-likeness (QED) is 0.783. The zero-order valence-electron chi connectivity index (χ0n) is 12.7. The molecule has 0 saturated carbocycles. The third kappa shape index (κ3) is 4.01. The van der Waals surface area contributed by atoms with Crippen LogP contribution in [-0.2, 0) is 20.9 Å². The Bertz CT molecular complexity index is 517. The number of carbonyl (C=O) groups is 2. The number of methoxy groups -OCH3 is 1. The van der Waals surface area contributed by atoms with E-state index in [1.165, 1.54) is 0 Å². The average molecular weight is 311 g/mol. The number of aryl methyl sites for hydroxylation is 1. The van der Waals surface area contributed by atoms with Gasteiger partial charge in [-0.05, 0) is 6.92 Å². The van der Waals surface area contributed by atoms with Crippen LogP contribution in [0.15, 0.2) is 5.38 Å². The van der Waals surface area contributed by atoms with E-state index in [9.17, 15) is 9.59 Å². The Hall–Kier alpha value is -1.47. The van der Waals surface area contributed by atoms with Crippen molar-refractivity contribution >= 4 is 23.2 Å². The molecule has 1 aromatic rings. The lowest BCUT2D eigenvalue weighted by molar-refractivity contribution is -0.135. The largest absolute Gasteiger partial charge is 0.383 e. The van der Waals surface area contributed by atoms with Gasteiger partial charge in [-0.15, -0.1) is 11.3 Å². The standard InChI is InChI=1S/C14H21N3O3S/c1-10-15-12(9-21-10)8-16(2)14(19)11-6-13(18)17(7-11)4-5-20-3/h9,11H,4-8H2,1-3H3/t11-/m1/s1. The van der Waals surface area contributed by atoms with E-state index in [2.05, 4.69) is 4.98 Å². The molecule has 0 radical (unpaired) electrons. The molecular weight excluding hydrogens is 290 g/mol. The number of hydrogen-bond acceptors (Lipinski definition) is 5. The lowest BCUT2D eigenvalue weighted by atomic mass is 10.1. The fourth-order valence-corrected chi connectivity index (χ4v) is 3.07. The van der Waals surface area contributed by atoms with Gasteiger partial charge in [0.2, 0.25) is 11.8 Å². The van der Waals surface area contributed by atoms with Crippen molar-refractivity contribution in [3.63, 3.8) is 0 Å². The summed E-state index contributed by atoms with van der Waals surface area (Å²) in [6.45, 7) is 3.97. The number of aromatic nitrogens is 1. The van der Waals surface area contributed by atoms with Gasteiger partial charge < -0.3 is 14.5 Å². The summed E-state index contributed by atoms with van der Waals surface area (Å²) in [6.07, 6.45) is 0.295. The summed E-state index contributed by atoms with van der Waals surface area (Å²) in [5, 5.41) is 2.96. The fourth-order valence-electron chi connectivity index (χ4n) is 2.47. The summed E-state index contributed by atoms with van der Waals surface area (Å²) in [7, 11) is 3.37. The molecule has 2 heterocycles. The highest BCUT2D eigenvalue weighted by Gasteiger charge is 2.35. The van der Waals surface area contributed by atoms with E-state index >= 15 is 0 Å².